The smallest absolute Gasteiger partial charge is 0.331 e. The van der Waals surface area contributed by atoms with Crippen LogP contribution in [0.3, 0.4) is 0 Å². The fourth-order valence-electron chi connectivity index (χ4n) is 1.52. The molecule has 7 heteroatoms. The number of nitrogens with one attached hydrogen (secondary N) is 1. The fraction of sp³-hybridized carbons (Fsp3) is 0.333. The number of benzene rings is 1. The number of rotatable bonds is 6. The molecule has 0 aliphatic rings. The van der Waals surface area contributed by atoms with Crippen LogP contribution in [0.2, 0.25) is 10.0 Å². The Hall–Kier alpha value is -1.30. The van der Waals surface area contributed by atoms with Gasteiger partial charge in [-0.2, -0.15) is 0 Å². The average Bonchev–Trinajstić information content (AvgIpc) is 2.38. The second kappa shape index (κ2) is 7.33. The maximum atomic E-state index is 11.7. The van der Waals surface area contributed by atoms with Crippen molar-refractivity contribution in [1.29, 1.82) is 0 Å². The Balaban J connectivity index is 3.05. The molecule has 104 valence electrons. The van der Waals surface area contributed by atoms with Gasteiger partial charge in [0.2, 0.25) is 6.41 Å². The van der Waals surface area contributed by atoms with Gasteiger partial charge in [-0.25, -0.2) is 4.79 Å². The highest BCUT2D eigenvalue weighted by Crippen LogP contribution is 2.31. The number of aliphatic hydroxyl groups is 1. The summed E-state index contributed by atoms with van der Waals surface area (Å²) in [6.45, 7) is 1.75. The van der Waals surface area contributed by atoms with E-state index in [0.717, 1.165) is 0 Å². The molecule has 1 aromatic rings. The maximum Gasteiger partial charge on any atom is 0.331 e. The molecule has 1 amide bonds. The number of esters is 1. The van der Waals surface area contributed by atoms with Crippen molar-refractivity contribution in [2.45, 2.75) is 19.1 Å². The molecule has 2 unspecified atom stereocenters. The van der Waals surface area contributed by atoms with Crippen LogP contribution in [0.4, 0.5) is 0 Å². The molecule has 0 radical (unpaired) electrons. The van der Waals surface area contributed by atoms with Gasteiger partial charge in [0.15, 0.2) is 6.04 Å². The fourth-order valence-corrected chi connectivity index (χ4v) is 1.94. The minimum Gasteiger partial charge on any atom is -0.464 e. The first-order chi connectivity index (χ1) is 9.02. The molecule has 2 N–H and O–H groups in total. The van der Waals surface area contributed by atoms with Crippen LogP contribution in [-0.2, 0) is 14.3 Å². The Kier molecular flexibility index (Phi) is 6.08. The van der Waals surface area contributed by atoms with Gasteiger partial charge < -0.3 is 15.2 Å². The molecular formula is C12H13Cl2NO4. The molecule has 5 nitrogen and oxygen atoms in total. The van der Waals surface area contributed by atoms with E-state index < -0.39 is 18.1 Å². The number of carbonyl (C=O) groups excluding carboxylic acids is 2. The zero-order valence-electron chi connectivity index (χ0n) is 10.1. The van der Waals surface area contributed by atoms with Gasteiger partial charge >= 0.3 is 5.97 Å². The minimum atomic E-state index is -1.35. The lowest BCUT2D eigenvalue weighted by molar-refractivity contribution is -0.149. The molecule has 0 aliphatic carbocycles. The van der Waals surface area contributed by atoms with Crippen molar-refractivity contribution in [2.24, 2.45) is 0 Å². The van der Waals surface area contributed by atoms with Crippen LogP contribution in [0.25, 0.3) is 0 Å². The second-order valence-electron chi connectivity index (χ2n) is 3.60. The summed E-state index contributed by atoms with van der Waals surface area (Å²) in [6, 6.07) is 3.40. The largest absolute Gasteiger partial charge is 0.464 e. The molecule has 0 heterocycles. The summed E-state index contributed by atoms with van der Waals surface area (Å²) in [5.74, 6) is -0.752. The molecule has 0 saturated heterocycles. The summed E-state index contributed by atoms with van der Waals surface area (Å²) in [6.07, 6.45) is -1.04. The number of ether oxygens (including phenoxy) is 1. The number of hydrogen-bond acceptors (Lipinski definition) is 4. The van der Waals surface area contributed by atoms with E-state index >= 15 is 0 Å². The Morgan fingerprint density at radius 1 is 1.53 bits per heavy atom. The zero-order valence-corrected chi connectivity index (χ0v) is 11.6. The van der Waals surface area contributed by atoms with Crippen molar-refractivity contribution in [2.75, 3.05) is 6.61 Å². The number of carbonyl (C=O) groups is 2. The molecular weight excluding hydrogens is 293 g/mol. The Morgan fingerprint density at radius 3 is 2.79 bits per heavy atom. The minimum absolute atomic E-state index is 0.124. The van der Waals surface area contributed by atoms with Gasteiger partial charge in [0.1, 0.15) is 6.10 Å². The second-order valence-corrected chi connectivity index (χ2v) is 4.39. The van der Waals surface area contributed by atoms with Crippen molar-refractivity contribution in [3.8, 4) is 0 Å². The van der Waals surface area contributed by atoms with Crippen molar-refractivity contribution < 1.29 is 19.4 Å². The molecule has 0 bridgehead atoms. The number of aliphatic hydroxyl groups excluding tert-OH is 1. The lowest BCUT2D eigenvalue weighted by Crippen LogP contribution is -2.42. The SMILES string of the molecule is CCOC(=O)C(NC=O)C(O)c1cccc(Cl)c1Cl. The molecule has 0 aliphatic heterocycles. The van der Waals surface area contributed by atoms with Crippen LogP contribution in [0.5, 0.6) is 0 Å². The first kappa shape index (κ1) is 15.8. The predicted molar refractivity (Wildman–Crippen MR) is 71.0 cm³/mol. The number of hydrogen-bond donors (Lipinski definition) is 2. The molecule has 19 heavy (non-hydrogen) atoms. The van der Waals surface area contributed by atoms with Crippen molar-refractivity contribution >= 4 is 35.6 Å². The van der Waals surface area contributed by atoms with Crippen molar-refractivity contribution in [3.05, 3.63) is 33.8 Å². The van der Waals surface area contributed by atoms with Gasteiger partial charge in [0.05, 0.1) is 16.7 Å². The van der Waals surface area contributed by atoms with E-state index in [1.165, 1.54) is 6.07 Å². The van der Waals surface area contributed by atoms with Gasteiger partial charge in [0.25, 0.3) is 0 Å². The topological polar surface area (TPSA) is 75.6 Å². The van der Waals surface area contributed by atoms with Gasteiger partial charge in [-0.05, 0) is 13.0 Å². The van der Waals surface area contributed by atoms with Crippen molar-refractivity contribution in [1.82, 2.24) is 5.32 Å². The first-order valence-electron chi connectivity index (χ1n) is 5.51. The third kappa shape index (κ3) is 3.83. The molecule has 0 aromatic heterocycles. The van der Waals surface area contributed by atoms with E-state index in [-0.39, 0.29) is 22.2 Å². The van der Waals surface area contributed by atoms with Crippen LogP contribution in [0.15, 0.2) is 18.2 Å². The van der Waals surface area contributed by atoms with Crippen LogP contribution < -0.4 is 5.32 Å². The summed E-state index contributed by atoms with van der Waals surface area (Å²) < 4.78 is 4.77. The molecule has 0 saturated carbocycles. The van der Waals surface area contributed by atoms with Gasteiger partial charge in [-0.3, -0.25) is 4.79 Å². The lowest BCUT2D eigenvalue weighted by atomic mass is 10.0. The van der Waals surface area contributed by atoms with E-state index in [9.17, 15) is 14.7 Å². The van der Waals surface area contributed by atoms with E-state index in [1.807, 2.05) is 0 Å². The van der Waals surface area contributed by atoms with Gasteiger partial charge in [-0.1, -0.05) is 35.3 Å². The summed E-state index contributed by atoms with van der Waals surface area (Å²) in [5.41, 5.74) is 0.238. The van der Waals surface area contributed by atoms with Gasteiger partial charge in [0, 0.05) is 5.56 Å². The average molecular weight is 306 g/mol. The zero-order chi connectivity index (χ0) is 14.4. The van der Waals surface area contributed by atoms with Crippen LogP contribution >= 0.6 is 23.2 Å². The Bertz CT molecular complexity index is 467. The van der Waals surface area contributed by atoms with E-state index in [4.69, 9.17) is 27.9 Å². The van der Waals surface area contributed by atoms with E-state index in [2.05, 4.69) is 5.32 Å². The number of halogens is 2. The van der Waals surface area contributed by atoms with Crippen molar-refractivity contribution in [3.63, 3.8) is 0 Å². The molecule has 1 aromatic carbocycles. The van der Waals surface area contributed by atoms with Crippen LogP contribution in [-0.4, -0.2) is 30.1 Å². The lowest BCUT2D eigenvalue weighted by Gasteiger charge is -2.21. The predicted octanol–water partition coefficient (Wildman–Crippen LogP) is 1.70. The summed E-state index contributed by atoms with van der Waals surface area (Å²) in [4.78, 5) is 22.2. The number of amides is 1. The third-order valence-corrected chi connectivity index (χ3v) is 3.24. The first-order valence-corrected chi connectivity index (χ1v) is 6.26. The Morgan fingerprint density at radius 2 is 2.21 bits per heavy atom. The maximum absolute atomic E-state index is 11.7. The quantitative estimate of drug-likeness (QED) is 0.619. The van der Waals surface area contributed by atoms with E-state index in [1.54, 1.807) is 19.1 Å². The highest BCUT2D eigenvalue weighted by Gasteiger charge is 2.30. The highest BCUT2D eigenvalue weighted by molar-refractivity contribution is 6.42. The molecule has 2 atom stereocenters. The van der Waals surface area contributed by atoms with Gasteiger partial charge in [-0.15, -0.1) is 0 Å². The van der Waals surface area contributed by atoms with Crippen LogP contribution in [0, 0.1) is 0 Å². The molecule has 0 spiro atoms. The normalized spacial score (nSPS) is 13.5. The monoisotopic (exact) mass is 305 g/mol. The summed E-state index contributed by atoms with van der Waals surface area (Å²) in [5, 5.41) is 12.7. The molecule has 0 fully saturated rings. The molecule has 1 rings (SSSR count). The third-order valence-electron chi connectivity index (χ3n) is 2.40. The summed E-state index contributed by atoms with van der Waals surface area (Å²) >= 11 is 11.8. The summed E-state index contributed by atoms with van der Waals surface area (Å²) in [7, 11) is 0. The Labute approximate surface area is 120 Å². The van der Waals surface area contributed by atoms with Crippen LogP contribution in [0.1, 0.15) is 18.6 Å². The van der Waals surface area contributed by atoms with E-state index in [0.29, 0.717) is 6.41 Å². The standard InChI is InChI=1S/C12H13Cl2NO4/c1-2-19-12(18)10(15-6-16)11(17)7-4-3-5-8(13)9(7)14/h3-6,10-11,17H,2H2,1H3,(H,15,16). The highest BCUT2D eigenvalue weighted by atomic mass is 35.5.